The van der Waals surface area contributed by atoms with Crippen molar-refractivity contribution >= 4 is 5.78 Å². The van der Waals surface area contributed by atoms with Crippen molar-refractivity contribution in [1.29, 1.82) is 0 Å². The number of ketones is 1. The van der Waals surface area contributed by atoms with Gasteiger partial charge in [0, 0.05) is 12.0 Å². The van der Waals surface area contributed by atoms with Gasteiger partial charge in [-0.3, -0.25) is 4.79 Å². The average Bonchev–Trinajstić information content (AvgIpc) is 3.45. The van der Waals surface area contributed by atoms with E-state index in [1.165, 1.54) is 56.3 Å². The van der Waals surface area contributed by atoms with Crippen LogP contribution >= 0.6 is 0 Å². The molecular formula is C32H59NO2. The lowest BCUT2D eigenvalue weighted by atomic mass is 10.1. The molecule has 3 nitrogen and oxygen atoms in total. The van der Waals surface area contributed by atoms with Crippen LogP contribution in [0.25, 0.3) is 0 Å². The third-order valence-electron chi connectivity index (χ3n) is 4.66. The largest absolute Gasteiger partial charge is 0.498 e. The Bertz CT molecular complexity index is 616. The van der Waals surface area contributed by atoms with Crippen LogP contribution in [0.5, 0.6) is 0 Å². The summed E-state index contributed by atoms with van der Waals surface area (Å²) in [5, 5.41) is 3.22. The second-order valence-electron chi connectivity index (χ2n) is 8.46. The molecule has 0 spiro atoms. The van der Waals surface area contributed by atoms with Gasteiger partial charge in [-0.15, -0.1) is 0 Å². The highest BCUT2D eigenvalue weighted by Crippen LogP contribution is 2.13. The van der Waals surface area contributed by atoms with Crippen molar-refractivity contribution in [3.8, 4) is 0 Å². The number of Topliss-reactive ketones (excluding diaryl/α,β-unsaturated/α-hetero) is 1. The molecule has 0 radical (unpaired) electrons. The highest BCUT2D eigenvalue weighted by Gasteiger charge is 2.01. The molecule has 0 atom stereocenters. The molecule has 0 bridgehead atoms. The fourth-order valence-electron chi connectivity index (χ4n) is 2.91. The molecule has 3 heteroatoms. The Balaban J connectivity index is -0.000000413. The molecule has 1 aromatic rings. The first-order valence-electron chi connectivity index (χ1n) is 14.1. The van der Waals surface area contributed by atoms with Gasteiger partial charge in [0.25, 0.3) is 0 Å². The maximum absolute atomic E-state index is 11.2. The molecule has 35 heavy (non-hydrogen) atoms. The van der Waals surface area contributed by atoms with E-state index in [2.05, 4.69) is 59.0 Å². The van der Waals surface area contributed by atoms with Crippen LogP contribution in [0.2, 0.25) is 0 Å². The molecular weight excluding hydrogens is 430 g/mol. The van der Waals surface area contributed by atoms with Crippen LogP contribution in [0.1, 0.15) is 130 Å². The zero-order chi connectivity index (χ0) is 27.3. The summed E-state index contributed by atoms with van der Waals surface area (Å²) in [6.07, 6.45) is 13.4. The van der Waals surface area contributed by atoms with E-state index in [0.717, 1.165) is 30.8 Å². The molecule has 204 valence electrons. The van der Waals surface area contributed by atoms with Crippen molar-refractivity contribution in [3.63, 3.8) is 0 Å². The van der Waals surface area contributed by atoms with Crippen LogP contribution in [0.4, 0.5) is 0 Å². The van der Waals surface area contributed by atoms with Gasteiger partial charge in [-0.25, -0.2) is 0 Å². The Hall–Kier alpha value is -1.87. The molecule has 1 heterocycles. The predicted octanol–water partition coefficient (Wildman–Crippen LogP) is 9.72. The number of carbonyl (C=O) groups excluding carboxylic acids is 1. The van der Waals surface area contributed by atoms with E-state index >= 15 is 0 Å². The Morgan fingerprint density at radius 2 is 1.43 bits per heavy atom. The summed E-state index contributed by atoms with van der Waals surface area (Å²) in [6, 6.07) is 7.85. The number of aryl methyl sites for hydroxylation is 1. The molecule has 1 N–H and O–H groups in total. The van der Waals surface area contributed by atoms with Gasteiger partial charge in [0.2, 0.25) is 0 Å². The van der Waals surface area contributed by atoms with E-state index in [9.17, 15) is 4.79 Å². The third-order valence-corrected chi connectivity index (χ3v) is 4.66. The highest BCUT2D eigenvalue weighted by molar-refractivity contribution is 5.95. The van der Waals surface area contributed by atoms with Gasteiger partial charge in [0.15, 0.2) is 5.78 Å². The first-order valence-corrected chi connectivity index (χ1v) is 14.1. The van der Waals surface area contributed by atoms with Gasteiger partial charge in [0.05, 0.1) is 12.4 Å². The van der Waals surface area contributed by atoms with Crippen molar-refractivity contribution in [1.82, 2.24) is 5.32 Å². The van der Waals surface area contributed by atoms with Gasteiger partial charge in [0.1, 0.15) is 0 Å². The molecule has 0 aliphatic carbocycles. The summed E-state index contributed by atoms with van der Waals surface area (Å²) in [5.41, 5.74) is 3.43. The Labute approximate surface area is 219 Å². The maximum atomic E-state index is 11.2. The van der Waals surface area contributed by atoms with Gasteiger partial charge in [-0.2, -0.15) is 0 Å². The highest BCUT2D eigenvalue weighted by atomic mass is 16.5. The minimum absolute atomic E-state index is 0.220. The Morgan fingerprint density at radius 1 is 0.914 bits per heavy atom. The number of nitrogens with one attached hydrogen (secondary N) is 1. The zero-order valence-electron chi connectivity index (χ0n) is 25.1. The van der Waals surface area contributed by atoms with Gasteiger partial charge < -0.3 is 10.1 Å². The molecule has 0 saturated carbocycles. The minimum atomic E-state index is 0.220. The van der Waals surface area contributed by atoms with Crippen LogP contribution < -0.4 is 5.32 Å². The van der Waals surface area contributed by atoms with Crippen molar-refractivity contribution in [2.75, 3.05) is 19.7 Å². The van der Waals surface area contributed by atoms with Gasteiger partial charge in [-0.05, 0) is 70.7 Å². The first kappa shape index (κ1) is 37.7. The number of ether oxygens (including phenoxy) is 1. The molecule has 0 aromatic heterocycles. The molecule has 1 fully saturated rings. The number of rotatable bonds is 8. The number of benzene rings is 1. The van der Waals surface area contributed by atoms with Crippen LogP contribution in [0, 0.1) is 0 Å². The summed E-state index contributed by atoms with van der Waals surface area (Å²) in [7, 11) is 0. The van der Waals surface area contributed by atoms with Gasteiger partial charge in [-0.1, -0.05) is 104 Å². The van der Waals surface area contributed by atoms with E-state index in [4.69, 9.17) is 4.74 Å². The molecule has 1 aromatic carbocycles. The van der Waals surface area contributed by atoms with Crippen molar-refractivity contribution in [2.45, 2.75) is 121 Å². The van der Waals surface area contributed by atoms with E-state index in [0.29, 0.717) is 6.42 Å². The molecule has 1 aliphatic heterocycles. The third kappa shape index (κ3) is 25.0. The summed E-state index contributed by atoms with van der Waals surface area (Å²) in [6.45, 7) is 24.0. The number of allylic oxidation sites excluding steroid dienone is 4. The van der Waals surface area contributed by atoms with Gasteiger partial charge >= 0.3 is 0 Å². The van der Waals surface area contributed by atoms with E-state index < -0.39 is 0 Å². The average molecular weight is 490 g/mol. The fraction of sp³-hybridized carbons (Fsp3) is 0.656. The van der Waals surface area contributed by atoms with Crippen LogP contribution in [0.3, 0.4) is 0 Å². The quantitative estimate of drug-likeness (QED) is 0.224. The van der Waals surface area contributed by atoms with E-state index in [-0.39, 0.29) is 5.78 Å². The molecule has 0 unspecified atom stereocenters. The van der Waals surface area contributed by atoms with Crippen molar-refractivity contribution in [2.24, 2.45) is 0 Å². The maximum Gasteiger partial charge on any atom is 0.162 e. The number of hydrogen-bond donors (Lipinski definition) is 1. The second kappa shape index (κ2) is 30.2. The minimum Gasteiger partial charge on any atom is -0.498 e. The van der Waals surface area contributed by atoms with E-state index in [1.54, 1.807) is 0 Å². The monoisotopic (exact) mass is 489 g/mol. The van der Waals surface area contributed by atoms with Crippen molar-refractivity contribution < 1.29 is 9.53 Å². The Kier molecular flexibility index (Phi) is 32.5. The zero-order valence-corrected chi connectivity index (χ0v) is 25.1. The molecule has 1 saturated heterocycles. The predicted molar refractivity (Wildman–Crippen MR) is 159 cm³/mol. The van der Waals surface area contributed by atoms with Crippen LogP contribution in [-0.2, 0) is 11.2 Å². The Morgan fingerprint density at radius 3 is 1.74 bits per heavy atom. The standard InChI is InChI=1S/C11H14O.C11H20O.C4H9N.2C3H8/c1-3-9-5-7-10(8-6-9)11(12)4-2;1-5-8-11(9-6-2)10(4)12-7-3;1-2-4-5-3-1;2*1-3-2/h5-8H,3-4H2,1-2H3;5,8H,6-7,9H2,1-4H3;5H,1-4H2;2*3H2,1-2H3/b;8-5-,11-10-;;;. The summed E-state index contributed by atoms with van der Waals surface area (Å²) in [4.78, 5) is 11.2. The van der Waals surface area contributed by atoms with Crippen LogP contribution in [-0.4, -0.2) is 25.5 Å². The van der Waals surface area contributed by atoms with Crippen LogP contribution in [0.15, 0.2) is 47.7 Å². The lowest BCUT2D eigenvalue weighted by molar-refractivity contribution is 0.0988. The summed E-state index contributed by atoms with van der Waals surface area (Å²) < 4.78 is 5.44. The summed E-state index contributed by atoms with van der Waals surface area (Å²) >= 11 is 0. The number of hydrogen-bond acceptors (Lipinski definition) is 3. The SMILES string of the molecule is C/C=C\C(CCC)=C(/C)OCC.C1CCNC1.CCC.CCC.CCC(=O)c1ccc(CC)cc1. The smallest absolute Gasteiger partial charge is 0.162 e. The lowest BCUT2D eigenvalue weighted by Crippen LogP contribution is -2.03. The topological polar surface area (TPSA) is 38.3 Å². The molecule has 0 amide bonds. The summed E-state index contributed by atoms with van der Waals surface area (Å²) in [5.74, 6) is 1.29. The molecule has 2 rings (SSSR count). The second-order valence-corrected chi connectivity index (χ2v) is 8.46. The number of carbonyl (C=O) groups is 1. The van der Waals surface area contributed by atoms with E-state index in [1.807, 2.05) is 52.0 Å². The molecule has 1 aliphatic rings. The fourth-order valence-corrected chi connectivity index (χ4v) is 2.91. The lowest BCUT2D eigenvalue weighted by Gasteiger charge is -2.07. The van der Waals surface area contributed by atoms with Crippen molar-refractivity contribution in [3.05, 3.63) is 58.9 Å². The normalized spacial score (nSPS) is 12.4. The first-order chi connectivity index (χ1) is 16.9.